The molecule has 102 valence electrons. The number of hydrogen-bond donors (Lipinski definition) is 1. The third-order valence-electron chi connectivity index (χ3n) is 3.22. The Morgan fingerprint density at radius 2 is 2.11 bits per heavy atom. The van der Waals surface area contributed by atoms with Gasteiger partial charge in [-0.3, -0.25) is 4.68 Å². The summed E-state index contributed by atoms with van der Waals surface area (Å²) >= 11 is 6.17. The summed E-state index contributed by atoms with van der Waals surface area (Å²) in [7, 11) is 0. The largest absolute Gasteiger partial charge is 0.308 e. The Balaban J connectivity index is 1.88. The van der Waals surface area contributed by atoms with Gasteiger partial charge in [-0.25, -0.2) is 0 Å². The minimum Gasteiger partial charge on any atom is -0.308 e. The molecule has 1 unspecified atom stereocenters. The fraction of sp³-hybridized carbons (Fsp3) is 0.400. The molecule has 0 aliphatic heterocycles. The van der Waals surface area contributed by atoms with Crippen LogP contribution >= 0.6 is 11.6 Å². The lowest BCUT2D eigenvalue weighted by atomic mass is 10.1. The molecule has 0 bridgehead atoms. The summed E-state index contributed by atoms with van der Waals surface area (Å²) in [6.45, 7) is 6.02. The first-order chi connectivity index (χ1) is 9.20. The van der Waals surface area contributed by atoms with Crippen molar-refractivity contribution in [3.05, 3.63) is 52.8 Å². The van der Waals surface area contributed by atoms with E-state index in [2.05, 4.69) is 36.4 Å². The zero-order valence-electron chi connectivity index (χ0n) is 11.4. The van der Waals surface area contributed by atoms with Crippen LogP contribution in [0, 0.1) is 0 Å². The number of halogens is 1. The van der Waals surface area contributed by atoms with E-state index in [4.69, 9.17) is 11.6 Å². The second-order valence-corrected chi connectivity index (χ2v) is 5.12. The quantitative estimate of drug-likeness (QED) is 0.878. The van der Waals surface area contributed by atoms with E-state index in [1.807, 2.05) is 29.1 Å². The molecular weight excluding hydrogens is 258 g/mol. The van der Waals surface area contributed by atoms with Crippen molar-refractivity contribution in [3.63, 3.8) is 0 Å². The smallest absolute Gasteiger partial charge is 0.0522 e. The molecule has 0 aliphatic rings. The Hall–Kier alpha value is -1.32. The maximum Gasteiger partial charge on any atom is 0.0522 e. The molecule has 1 aromatic carbocycles. The lowest BCUT2D eigenvalue weighted by Crippen LogP contribution is -2.28. The van der Waals surface area contributed by atoms with Crippen molar-refractivity contribution in [2.45, 2.75) is 39.4 Å². The van der Waals surface area contributed by atoms with E-state index in [1.165, 1.54) is 11.3 Å². The number of hydrogen-bond acceptors (Lipinski definition) is 2. The van der Waals surface area contributed by atoms with Gasteiger partial charge >= 0.3 is 0 Å². The summed E-state index contributed by atoms with van der Waals surface area (Å²) in [6, 6.07) is 10.4. The maximum atomic E-state index is 6.17. The highest BCUT2D eigenvalue weighted by molar-refractivity contribution is 6.31. The zero-order chi connectivity index (χ0) is 13.7. The molecule has 1 aromatic heterocycles. The predicted octanol–water partition coefficient (Wildman–Crippen LogP) is 3.28. The maximum absolute atomic E-state index is 6.17. The average Bonchev–Trinajstić information content (AvgIpc) is 2.86. The Morgan fingerprint density at radius 3 is 2.84 bits per heavy atom. The first kappa shape index (κ1) is 14.1. The highest BCUT2D eigenvalue weighted by Gasteiger charge is 2.07. The van der Waals surface area contributed by atoms with Crippen molar-refractivity contribution in [3.8, 4) is 0 Å². The monoisotopic (exact) mass is 277 g/mol. The van der Waals surface area contributed by atoms with Gasteiger partial charge in [0.25, 0.3) is 0 Å². The van der Waals surface area contributed by atoms with Crippen LogP contribution in [0.2, 0.25) is 5.02 Å². The second-order valence-electron chi connectivity index (χ2n) is 4.72. The first-order valence-electron chi connectivity index (χ1n) is 6.68. The molecule has 19 heavy (non-hydrogen) atoms. The molecule has 2 rings (SSSR count). The Kier molecular flexibility index (Phi) is 5.00. The summed E-state index contributed by atoms with van der Waals surface area (Å²) in [5, 5.41) is 8.62. The van der Waals surface area contributed by atoms with Gasteiger partial charge in [-0.15, -0.1) is 0 Å². The van der Waals surface area contributed by atoms with Gasteiger partial charge in [-0.2, -0.15) is 5.10 Å². The fourth-order valence-electron chi connectivity index (χ4n) is 2.14. The van der Waals surface area contributed by atoms with Crippen LogP contribution in [-0.4, -0.2) is 15.8 Å². The molecule has 0 aliphatic carbocycles. The van der Waals surface area contributed by atoms with Crippen molar-refractivity contribution in [2.75, 3.05) is 0 Å². The number of nitrogens with one attached hydrogen (secondary N) is 1. The molecule has 0 amide bonds. The highest BCUT2D eigenvalue weighted by Crippen LogP contribution is 2.16. The molecule has 4 heteroatoms. The summed E-state index contributed by atoms with van der Waals surface area (Å²) in [5.74, 6) is 0. The molecule has 2 aromatic rings. The van der Waals surface area contributed by atoms with Crippen molar-refractivity contribution >= 4 is 11.6 Å². The van der Waals surface area contributed by atoms with Gasteiger partial charge in [-0.1, -0.05) is 29.8 Å². The SMILES string of the molecule is CCn1nccc1CNC(C)Cc1ccccc1Cl. The summed E-state index contributed by atoms with van der Waals surface area (Å²) in [5.41, 5.74) is 2.40. The summed E-state index contributed by atoms with van der Waals surface area (Å²) in [4.78, 5) is 0. The normalized spacial score (nSPS) is 12.6. The minimum absolute atomic E-state index is 0.375. The molecule has 0 saturated carbocycles. The number of aromatic nitrogens is 2. The molecular formula is C15H20ClN3. The van der Waals surface area contributed by atoms with E-state index in [1.54, 1.807) is 0 Å². The topological polar surface area (TPSA) is 29.9 Å². The van der Waals surface area contributed by atoms with Crippen LogP contribution in [0.1, 0.15) is 25.1 Å². The van der Waals surface area contributed by atoms with Crippen LogP contribution in [0.15, 0.2) is 36.5 Å². The number of nitrogens with zero attached hydrogens (tertiary/aromatic N) is 2. The van der Waals surface area contributed by atoms with E-state index in [9.17, 15) is 0 Å². The van der Waals surface area contributed by atoms with Crippen molar-refractivity contribution < 1.29 is 0 Å². The number of benzene rings is 1. The van der Waals surface area contributed by atoms with Gasteiger partial charge in [0.1, 0.15) is 0 Å². The number of aryl methyl sites for hydroxylation is 1. The van der Waals surface area contributed by atoms with Gasteiger partial charge in [0.05, 0.1) is 5.69 Å². The Bertz CT molecular complexity index is 522. The lowest BCUT2D eigenvalue weighted by molar-refractivity contribution is 0.514. The third kappa shape index (κ3) is 3.82. The number of rotatable bonds is 6. The van der Waals surface area contributed by atoms with Gasteiger partial charge in [-0.05, 0) is 38.0 Å². The molecule has 0 radical (unpaired) electrons. The lowest BCUT2D eigenvalue weighted by Gasteiger charge is -2.15. The van der Waals surface area contributed by atoms with Crippen molar-refractivity contribution in [2.24, 2.45) is 0 Å². The van der Waals surface area contributed by atoms with Crippen LogP contribution in [-0.2, 0) is 19.5 Å². The minimum atomic E-state index is 0.375. The first-order valence-corrected chi connectivity index (χ1v) is 7.06. The van der Waals surface area contributed by atoms with Gasteiger partial charge in [0.2, 0.25) is 0 Å². The van der Waals surface area contributed by atoms with E-state index in [0.717, 1.165) is 24.5 Å². The fourth-order valence-corrected chi connectivity index (χ4v) is 2.35. The molecule has 0 fully saturated rings. The zero-order valence-corrected chi connectivity index (χ0v) is 12.2. The summed E-state index contributed by atoms with van der Waals surface area (Å²) in [6.07, 6.45) is 2.78. The third-order valence-corrected chi connectivity index (χ3v) is 3.59. The van der Waals surface area contributed by atoms with E-state index >= 15 is 0 Å². The van der Waals surface area contributed by atoms with Crippen molar-refractivity contribution in [1.29, 1.82) is 0 Å². The molecule has 0 saturated heterocycles. The van der Waals surface area contributed by atoms with Crippen LogP contribution in [0.5, 0.6) is 0 Å². The van der Waals surface area contributed by atoms with Gasteiger partial charge < -0.3 is 5.32 Å². The molecule has 0 spiro atoms. The molecule has 1 N–H and O–H groups in total. The predicted molar refractivity (Wildman–Crippen MR) is 79.4 cm³/mol. The van der Waals surface area contributed by atoms with Crippen LogP contribution < -0.4 is 5.32 Å². The van der Waals surface area contributed by atoms with E-state index in [-0.39, 0.29) is 0 Å². The van der Waals surface area contributed by atoms with E-state index < -0.39 is 0 Å². The van der Waals surface area contributed by atoms with Crippen LogP contribution in [0.4, 0.5) is 0 Å². The Morgan fingerprint density at radius 1 is 1.32 bits per heavy atom. The van der Waals surface area contributed by atoms with Gasteiger partial charge in [0, 0.05) is 30.4 Å². The summed E-state index contributed by atoms with van der Waals surface area (Å²) < 4.78 is 2.01. The van der Waals surface area contributed by atoms with Gasteiger partial charge in [0.15, 0.2) is 0 Å². The molecule has 1 atom stereocenters. The van der Waals surface area contributed by atoms with E-state index in [0.29, 0.717) is 6.04 Å². The standard InChI is InChI=1S/C15H20ClN3/c1-3-19-14(8-9-18-19)11-17-12(2)10-13-6-4-5-7-15(13)16/h4-9,12,17H,3,10-11H2,1-2H3. The second kappa shape index (κ2) is 6.73. The highest BCUT2D eigenvalue weighted by atomic mass is 35.5. The average molecular weight is 278 g/mol. The van der Waals surface area contributed by atoms with Crippen LogP contribution in [0.3, 0.4) is 0 Å². The molecule has 1 heterocycles. The van der Waals surface area contributed by atoms with Crippen LogP contribution in [0.25, 0.3) is 0 Å². The molecule has 3 nitrogen and oxygen atoms in total. The Labute approximate surface area is 119 Å². The van der Waals surface area contributed by atoms with Crippen molar-refractivity contribution in [1.82, 2.24) is 15.1 Å².